The molecule has 0 amide bonds. The van der Waals surface area contributed by atoms with E-state index in [1.807, 2.05) is 72.7 Å². The highest BCUT2D eigenvalue weighted by Gasteiger charge is 2.49. The summed E-state index contributed by atoms with van der Waals surface area (Å²) in [6.45, 7) is 22.1. The lowest BCUT2D eigenvalue weighted by atomic mass is 10.0. The summed E-state index contributed by atoms with van der Waals surface area (Å²) in [6, 6.07) is 7.87. The monoisotopic (exact) mass is 615 g/mol. The van der Waals surface area contributed by atoms with Crippen LogP contribution in [0.25, 0.3) is 27.1 Å². The number of alkyl halides is 1. The van der Waals surface area contributed by atoms with Crippen molar-refractivity contribution in [1.29, 1.82) is 0 Å². The summed E-state index contributed by atoms with van der Waals surface area (Å²) in [5.74, 6) is 0.740. The van der Waals surface area contributed by atoms with Gasteiger partial charge in [0, 0.05) is 29.2 Å². The number of aromatic amines is 1. The average molecular weight is 616 g/mol. The molecule has 1 aromatic carbocycles. The van der Waals surface area contributed by atoms with Crippen molar-refractivity contribution in [3.8, 4) is 17.0 Å². The van der Waals surface area contributed by atoms with Gasteiger partial charge in [-0.1, -0.05) is 26.0 Å². The third kappa shape index (κ3) is 7.27. The first kappa shape index (κ1) is 33.0. The molecule has 1 fully saturated rings. The summed E-state index contributed by atoms with van der Waals surface area (Å²) >= 11 is 0. The molecule has 0 bridgehead atoms. The van der Waals surface area contributed by atoms with Gasteiger partial charge in [0.05, 0.1) is 18.4 Å². The van der Waals surface area contributed by atoms with Crippen LogP contribution in [0.4, 0.5) is 4.39 Å². The third-order valence-electron chi connectivity index (χ3n) is 7.31. The molecule has 12 heteroatoms. The lowest BCUT2D eigenvalue weighted by Gasteiger charge is -2.37. The zero-order valence-electron chi connectivity index (χ0n) is 26.0. The first-order valence-corrected chi connectivity index (χ1v) is 16.1. The van der Waals surface area contributed by atoms with Crippen LogP contribution in [0.15, 0.2) is 35.3 Å². The van der Waals surface area contributed by atoms with Gasteiger partial charge in [0.2, 0.25) is 6.54 Å². The Hall–Kier alpha value is -2.87. The van der Waals surface area contributed by atoms with Crippen molar-refractivity contribution in [3.05, 3.63) is 57.9 Å². The van der Waals surface area contributed by atoms with Crippen LogP contribution >= 0.6 is 8.53 Å². The molecular formula is C31H43FN5O5P. The Morgan fingerprint density at radius 1 is 1.23 bits per heavy atom. The van der Waals surface area contributed by atoms with Gasteiger partial charge in [-0.15, -0.1) is 0 Å². The van der Waals surface area contributed by atoms with Gasteiger partial charge in [0.1, 0.15) is 24.1 Å². The number of rotatable bonds is 14. The van der Waals surface area contributed by atoms with Crippen LogP contribution in [0.3, 0.4) is 0 Å². The van der Waals surface area contributed by atoms with Gasteiger partial charge in [-0.3, -0.25) is 4.57 Å². The molecule has 0 radical (unpaired) electrons. The van der Waals surface area contributed by atoms with Crippen molar-refractivity contribution in [2.75, 3.05) is 19.8 Å². The Bertz CT molecular complexity index is 1460. The molecule has 0 aliphatic carbocycles. The van der Waals surface area contributed by atoms with Crippen molar-refractivity contribution in [1.82, 2.24) is 19.2 Å². The van der Waals surface area contributed by atoms with Gasteiger partial charge in [0.25, 0.3) is 8.53 Å². The average Bonchev–Trinajstić information content (AvgIpc) is 3.50. The second-order valence-corrected chi connectivity index (χ2v) is 12.6. The van der Waals surface area contributed by atoms with Crippen molar-refractivity contribution >= 4 is 19.6 Å². The summed E-state index contributed by atoms with van der Waals surface area (Å²) in [5, 5.41) is 0.642. The molecule has 3 heterocycles. The van der Waals surface area contributed by atoms with E-state index in [2.05, 4.69) is 19.5 Å². The van der Waals surface area contributed by atoms with Crippen molar-refractivity contribution in [2.45, 2.75) is 98.0 Å². The molecule has 10 nitrogen and oxygen atoms in total. The van der Waals surface area contributed by atoms with Gasteiger partial charge in [0.15, 0.2) is 12.4 Å². The first-order chi connectivity index (χ1) is 20.6. The van der Waals surface area contributed by atoms with Crippen molar-refractivity contribution in [3.63, 3.8) is 0 Å². The Kier molecular flexibility index (Phi) is 11.3. The lowest BCUT2D eigenvalue weighted by molar-refractivity contribution is -0.0270. The predicted molar refractivity (Wildman–Crippen MR) is 167 cm³/mol. The summed E-state index contributed by atoms with van der Waals surface area (Å²) in [5.41, 5.74) is 2.43. The van der Waals surface area contributed by atoms with E-state index in [4.69, 9.17) is 25.1 Å². The molecule has 5 unspecified atom stereocenters. The molecule has 1 aliphatic heterocycles. The van der Waals surface area contributed by atoms with E-state index >= 15 is 4.39 Å². The van der Waals surface area contributed by atoms with Crippen LogP contribution in [0, 0.1) is 13.5 Å². The number of nitrogens with one attached hydrogen (secondary N) is 1. The third-order valence-corrected chi connectivity index (χ3v) is 9.43. The molecule has 0 saturated carbocycles. The first-order valence-electron chi connectivity index (χ1n) is 15.0. The Balaban J connectivity index is 1.66. The van der Waals surface area contributed by atoms with E-state index in [0.717, 1.165) is 29.0 Å². The highest BCUT2D eigenvalue weighted by Crippen LogP contribution is 2.50. The molecule has 4 rings (SSSR count). The maximum absolute atomic E-state index is 16.3. The largest absolute Gasteiger partial charge is 0.493 e. The lowest BCUT2D eigenvalue weighted by Crippen LogP contribution is -2.38. The van der Waals surface area contributed by atoms with Gasteiger partial charge < -0.3 is 28.4 Å². The van der Waals surface area contributed by atoms with Gasteiger partial charge >= 0.3 is 5.69 Å². The van der Waals surface area contributed by atoms with Crippen LogP contribution in [-0.4, -0.2) is 69.4 Å². The molecule has 234 valence electrons. The van der Waals surface area contributed by atoms with E-state index in [1.54, 1.807) is 6.20 Å². The van der Waals surface area contributed by atoms with E-state index in [0.29, 0.717) is 24.1 Å². The minimum absolute atomic E-state index is 0.0634. The molecule has 3 aromatic rings. The minimum Gasteiger partial charge on any atom is -0.493 e. The maximum atomic E-state index is 16.3. The topological polar surface area (TPSA) is 95.2 Å². The Morgan fingerprint density at radius 3 is 2.63 bits per heavy atom. The molecular weight excluding hydrogens is 572 g/mol. The summed E-state index contributed by atoms with van der Waals surface area (Å²) in [6.07, 6.45) is -1.51. The number of H-pyrrole nitrogens is 1. The maximum Gasteiger partial charge on any atom is 0.351 e. The number of nitrogens with zero attached hydrogens (tertiary/aromatic N) is 4. The number of benzene rings is 1. The van der Waals surface area contributed by atoms with Gasteiger partial charge in [-0.05, 0) is 65.2 Å². The molecule has 2 aromatic heterocycles. The number of aryl methyl sites for hydroxylation is 1. The van der Waals surface area contributed by atoms with Crippen molar-refractivity contribution in [2.24, 2.45) is 0 Å². The fraction of sp³-hybridized carbons (Fsp3) is 0.581. The highest BCUT2D eigenvalue weighted by atomic mass is 31.2. The molecule has 1 saturated heterocycles. The number of hydrogen-bond acceptors (Lipinski definition) is 7. The Labute approximate surface area is 254 Å². The quantitative estimate of drug-likeness (QED) is 0.121. The zero-order chi connectivity index (χ0) is 31.3. The second-order valence-electron chi connectivity index (χ2n) is 11.2. The van der Waals surface area contributed by atoms with Crippen LogP contribution in [-0.2, 0) is 13.8 Å². The van der Waals surface area contributed by atoms with E-state index in [-0.39, 0.29) is 25.2 Å². The molecule has 1 N–H and O–H groups in total. The summed E-state index contributed by atoms with van der Waals surface area (Å²) < 4.78 is 44.1. The standard InChI is InChI=1S/C31H43FN5O5P/c1-9-15-39-25-13-11-12-21(7)26(25)23-17-22-18-36(31(38)35-29(22)34-23)30-27(32)28(24(10-2)41-30)42-43(40-16-14-33-8)37(19(3)4)20(5)6/h11-13,17-20,24,27-28,30H,9-10,14-16H2,1-7H3,(H,34,35,38). The van der Waals surface area contributed by atoms with Crippen LogP contribution < -0.4 is 10.4 Å². The zero-order valence-corrected chi connectivity index (χ0v) is 26.9. The van der Waals surface area contributed by atoms with Gasteiger partial charge in [-0.2, -0.15) is 4.98 Å². The minimum atomic E-state index is -1.69. The SMILES string of the molecule is [C-]#[N+]CCOP(OC1C(CC)OC(n2cc3cc(-c4c(C)cccc4OCCC)[nH]c3nc2=O)C1F)N(C(C)C)C(C)C. The predicted octanol–water partition coefficient (Wildman–Crippen LogP) is 6.80. The molecule has 43 heavy (non-hydrogen) atoms. The molecule has 0 spiro atoms. The van der Waals surface area contributed by atoms with Crippen LogP contribution in [0.1, 0.15) is 66.2 Å². The second kappa shape index (κ2) is 14.7. The summed E-state index contributed by atoms with van der Waals surface area (Å²) in [7, 11) is -1.69. The van der Waals surface area contributed by atoms with Crippen LogP contribution in [0.5, 0.6) is 5.75 Å². The number of aromatic nitrogens is 3. The van der Waals surface area contributed by atoms with Crippen LogP contribution in [0.2, 0.25) is 0 Å². The fourth-order valence-electron chi connectivity index (χ4n) is 5.41. The normalized spacial score (nSPS) is 21.3. The number of hydrogen-bond donors (Lipinski definition) is 1. The smallest absolute Gasteiger partial charge is 0.351 e. The molecule has 5 atom stereocenters. The number of halogens is 1. The van der Waals surface area contributed by atoms with E-state index in [9.17, 15) is 4.79 Å². The van der Waals surface area contributed by atoms with Crippen molar-refractivity contribution < 1.29 is 22.9 Å². The molecule has 1 aliphatic rings. The highest BCUT2D eigenvalue weighted by molar-refractivity contribution is 7.44. The van der Waals surface area contributed by atoms with E-state index < -0.39 is 38.8 Å². The summed E-state index contributed by atoms with van der Waals surface area (Å²) in [4.78, 5) is 24.1. The fourth-order valence-corrected chi connectivity index (χ4v) is 7.17. The van der Waals surface area contributed by atoms with E-state index in [1.165, 1.54) is 4.57 Å². The number of ether oxygens (including phenoxy) is 2. The Morgan fingerprint density at radius 2 is 1.98 bits per heavy atom. The van der Waals surface area contributed by atoms with Gasteiger partial charge in [-0.25, -0.2) is 20.4 Å². The number of fused-ring (bicyclic) bond motifs is 1.